The van der Waals surface area contributed by atoms with E-state index in [9.17, 15) is 0 Å². The third-order valence-corrected chi connectivity index (χ3v) is 5.18. The van der Waals surface area contributed by atoms with Gasteiger partial charge in [0.05, 0.1) is 26.3 Å². The van der Waals surface area contributed by atoms with Crippen molar-refractivity contribution in [3.8, 4) is 0 Å². The van der Waals surface area contributed by atoms with E-state index in [1.807, 2.05) is 12.1 Å². The number of hydrogen-bond donors (Lipinski definition) is 0. The van der Waals surface area contributed by atoms with Crippen LogP contribution in [-0.2, 0) is 9.31 Å². The Bertz CT molecular complexity index is 482. The minimum Gasteiger partial charge on any atom is -0.505 e. The van der Waals surface area contributed by atoms with Crippen molar-refractivity contribution < 1.29 is 13.7 Å². The van der Waals surface area contributed by atoms with Gasteiger partial charge < -0.3 is 13.7 Å². The lowest BCUT2D eigenvalue weighted by Gasteiger charge is -2.47. The average molecular weight is 316 g/mol. The van der Waals surface area contributed by atoms with Crippen LogP contribution < -0.4 is 5.46 Å². The molecule has 3 nitrogen and oxygen atoms in total. The first-order valence-corrected chi connectivity index (χ1v) is 8.12. The summed E-state index contributed by atoms with van der Waals surface area (Å²) in [5.74, 6) is 0. The van der Waals surface area contributed by atoms with E-state index in [1.54, 1.807) is 6.07 Å². The maximum Gasteiger partial charge on any atom is 0.502 e. The molecule has 20 heavy (non-hydrogen) atoms. The highest BCUT2D eigenvalue weighted by Gasteiger charge is 2.59. The van der Waals surface area contributed by atoms with Crippen LogP contribution in [0.25, 0.3) is 0 Å². The number of quaternary nitrogens is 1. The van der Waals surface area contributed by atoms with Crippen molar-refractivity contribution in [2.24, 2.45) is 0 Å². The summed E-state index contributed by atoms with van der Waals surface area (Å²) in [6.07, 6.45) is 2.37. The van der Waals surface area contributed by atoms with Crippen LogP contribution in [0.5, 0.6) is 0 Å². The molecule has 2 saturated heterocycles. The van der Waals surface area contributed by atoms with Crippen LogP contribution in [0.15, 0.2) is 18.2 Å². The van der Waals surface area contributed by atoms with Crippen LogP contribution in [0.2, 0.25) is 10.0 Å². The van der Waals surface area contributed by atoms with Crippen molar-refractivity contribution in [3.63, 3.8) is 0 Å². The Morgan fingerprint density at radius 1 is 1.10 bits per heavy atom. The van der Waals surface area contributed by atoms with E-state index in [4.69, 9.17) is 32.5 Å². The number of unbranched alkanes of at least 4 members (excludes halogenated alkanes) is 1. The Hall–Kier alpha value is -0.255. The van der Waals surface area contributed by atoms with E-state index >= 15 is 0 Å². The summed E-state index contributed by atoms with van der Waals surface area (Å²) in [5.41, 5.74) is 1.01. The van der Waals surface area contributed by atoms with E-state index in [-0.39, 0.29) is 0 Å². The van der Waals surface area contributed by atoms with Gasteiger partial charge in [-0.15, -0.1) is 0 Å². The lowest BCUT2D eigenvalue weighted by atomic mass is 9.60. The first kappa shape index (κ1) is 14.7. The normalized spacial score (nSPS) is 32.5. The average Bonchev–Trinajstić information content (AvgIpc) is 2.90. The molecule has 2 aliphatic rings. The second-order valence-corrected chi connectivity index (χ2v) is 6.73. The van der Waals surface area contributed by atoms with E-state index in [1.165, 1.54) is 12.8 Å². The fraction of sp³-hybridized carbons (Fsp3) is 0.571. The maximum atomic E-state index is 6.17. The van der Waals surface area contributed by atoms with Crippen molar-refractivity contribution in [2.75, 3.05) is 32.8 Å². The minimum absolute atomic E-state index is 0.642. The Morgan fingerprint density at radius 3 is 2.25 bits per heavy atom. The fourth-order valence-corrected chi connectivity index (χ4v) is 4.31. The molecule has 0 N–H and O–H groups in total. The third-order valence-electron chi connectivity index (χ3n) is 4.74. The summed E-state index contributed by atoms with van der Waals surface area (Å²) < 4.78 is 13.2. The zero-order chi connectivity index (χ0) is 14.2. The van der Waals surface area contributed by atoms with Crippen LogP contribution in [-0.4, -0.2) is 43.9 Å². The molecule has 6 heteroatoms. The molecular weight excluding hydrogens is 296 g/mol. The molecule has 0 unspecified atom stereocenters. The lowest BCUT2D eigenvalue weighted by Crippen LogP contribution is -2.69. The second kappa shape index (κ2) is 5.50. The van der Waals surface area contributed by atoms with Gasteiger partial charge in [-0.25, -0.2) is 0 Å². The van der Waals surface area contributed by atoms with Gasteiger partial charge in [0, 0.05) is 16.6 Å². The third kappa shape index (κ3) is 2.18. The summed E-state index contributed by atoms with van der Waals surface area (Å²) in [6.45, 7) is 5.35. The molecule has 1 aromatic carbocycles. The van der Waals surface area contributed by atoms with Gasteiger partial charge in [0.1, 0.15) is 0 Å². The summed E-state index contributed by atoms with van der Waals surface area (Å²) in [7, 11) is 0. The van der Waals surface area contributed by atoms with E-state index in [2.05, 4.69) is 6.92 Å². The largest absolute Gasteiger partial charge is 0.505 e. The van der Waals surface area contributed by atoms with Crippen LogP contribution in [0.4, 0.5) is 0 Å². The number of hydrogen-bond acceptors (Lipinski definition) is 2. The monoisotopic (exact) mass is 315 g/mol. The Labute approximate surface area is 130 Å². The summed E-state index contributed by atoms with van der Waals surface area (Å²) in [4.78, 5) is 0. The summed E-state index contributed by atoms with van der Waals surface area (Å²) in [5, 5.41) is 1.28. The highest BCUT2D eigenvalue weighted by Crippen LogP contribution is 2.35. The van der Waals surface area contributed by atoms with Crippen molar-refractivity contribution in [1.82, 2.24) is 0 Å². The Balaban J connectivity index is 2.03. The SMILES string of the molecule is CCCC[N+]12CCO[B-]1(c1cc(Cl)cc(Cl)c1)OCC2. The fourth-order valence-electron chi connectivity index (χ4n) is 3.77. The molecule has 0 aliphatic carbocycles. The molecule has 0 aromatic heterocycles. The van der Waals surface area contributed by atoms with Gasteiger partial charge in [-0.1, -0.05) is 54.1 Å². The Morgan fingerprint density at radius 2 is 1.70 bits per heavy atom. The van der Waals surface area contributed by atoms with Gasteiger partial charge in [-0.3, -0.25) is 0 Å². The van der Waals surface area contributed by atoms with Crippen molar-refractivity contribution in [3.05, 3.63) is 28.2 Å². The van der Waals surface area contributed by atoms with Crippen LogP contribution in [0, 0.1) is 0 Å². The zero-order valence-corrected chi connectivity index (χ0v) is 13.3. The molecule has 3 rings (SSSR count). The second-order valence-electron chi connectivity index (χ2n) is 5.86. The molecular formula is C14H20BCl2NO2. The van der Waals surface area contributed by atoms with Gasteiger partial charge in [0.25, 0.3) is 0 Å². The molecule has 2 aliphatic heterocycles. The maximum absolute atomic E-state index is 6.17. The molecule has 0 amide bonds. The number of benzene rings is 1. The molecule has 2 heterocycles. The highest BCUT2D eigenvalue weighted by atomic mass is 35.5. The number of halogens is 2. The first-order valence-electron chi connectivity index (χ1n) is 7.36. The molecule has 0 saturated carbocycles. The standard InChI is InChI=1S/C14H20BCl2NO2/c1-2-3-4-18-5-7-19-15(18,20-8-6-18)12-9-13(16)11-14(17)10-12/h9-11H,2-8H2,1H3. The topological polar surface area (TPSA) is 18.5 Å². The van der Waals surface area contributed by atoms with E-state index in [0.717, 1.165) is 42.7 Å². The molecule has 0 spiro atoms. The Kier molecular flexibility index (Phi) is 4.04. The van der Waals surface area contributed by atoms with Gasteiger partial charge in [-0.05, 0) is 12.5 Å². The predicted molar refractivity (Wildman–Crippen MR) is 83.5 cm³/mol. The van der Waals surface area contributed by atoms with Crippen LogP contribution in [0.3, 0.4) is 0 Å². The van der Waals surface area contributed by atoms with Gasteiger partial charge in [0.15, 0.2) is 0 Å². The smallest absolute Gasteiger partial charge is 0.502 e. The summed E-state index contributed by atoms with van der Waals surface area (Å²) >= 11 is 12.3. The van der Waals surface area contributed by atoms with Gasteiger partial charge in [0.2, 0.25) is 0 Å². The van der Waals surface area contributed by atoms with Crippen molar-refractivity contribution in [1.29, 1.82) is 0 Å². The van der Waals surface area contributed by atoms with E-state index < -0.39 is 6.69 Å². The van der Waals surface area contributed by atoms with Gasteiger partial charge >= 0.3 is 6.69 Å². The first-order chi connectivity index (χ1) is 9.62. The van der Waals surface area contributed by atoms with E-state index in [0.29, 0.717) is 10.0 Å². The molecule has 2 fully saturated rings. The highest BCUT2D eigenvalue weighted by molar-refractivity contribution is 6.75. The number of nitrogens with zero attached hydrogens (tertiary/aromatic N) is 1. The number of fused-ring (bicyclic) bond motifs is 1. The van der Waals surface area contributed by atoms with Crippen molar-refractivity contribution in [2.45, 2.75) is 19.8 Å². The molecule has 110 valence electrons. The predicted octanol–water partition coefficient (Wildman–Crippen LogP) is 2.82. The molecule has 0 radical (unpaired) electrons. The molecule has 0 atom stereocenters. The number of rotatable bonds is 4. The van der Waals surface area contributed by atoms with Crippen LogP contribution in [0.1, 0.15) is 19.8 Å². The molecule has 1 aromatic rings. The lowest BCUT2D eigenvalue weighted by molar-refractivity contribution is -0.820. The minimum atomic E-state index is -1.49. The zero-order valence-electron chi connectivity index (χ0n) is 11.8. The van der Waals surface area contributed by atoms with Gasteiger partial charge in [-0.2, -0.15) is 0 Å². The van der Waals surface area contributed by atoms with Crippen LogP contribution >= 0.6 is 23.2 Å². The quantitative estimate of drug-likeness (QED) is 0.795. The van der Waals surface area contributed by atoms with Crippen molar-refractivity contribution >= 4 is 35.4 Å². The summed E-state index contributed by atoms with van der Waals surface area (Å²) in [6, 6.07) is 5.65. The molecule has 0 bridgehead atoms.